The molecule has 0 bridgehead atoms. The van der Waals surface area contributed by atoms with Gasteiger partial charge >= 0.3 is 5.97 Å². The number of carbonyl (C=O) groups excluding carboxylic acids is 3. The SMILES string of the molecule is CCc1ccc(C(=O)COC(=O)CSCC(=O)Nc2ccc(C)cc2)cc1. The van der Waals surface area contributed by atoms with Gasteiger partial charge < -0.3 is 10.1 Å². The molecule has 2 aromatic carbocycles. The van der Waals surface area contributed by atoms with E-state index in [9.17, 15) is 14.4 Å². The molecule has 2 aromatic rings. The van der Waals surface area contributed by atoms with Crippen LogP contribution in [0.15, 0.2) is 48.5 Å². The zero-order valence-corrected chi connectivity index (χ0v) is 16.3. The molecule has 0 aliphatic heterocycles. The van der Waals surface area contributed by atoms with E-state index >= 15 is 0 Å². The van der Waals surface area contributed by atoms with Crippen molar-refractivity contribution in [2.75, 3.05) is 23.4 Å². The van der Waals surface area contributed by atoms with Crippen molar-refractivity contribution in [3.8, 4) is 0 Å². The topological polar surface area (TPSA) is 72.5 Å². The summed E-state index contributed by atoms with van der Waals surface area (Å²) in [5.74, 6) is -0.794. The van der Waals surface area contributed by atoms with Gasteiger partial charge in [-0.2, -0.15) is 0 Å². The van der Waals surface area contributed by atoms with Crippen molar-refractivity contribution in [3.05, 3.63) is 65.2 Å². The smallest absolute Gasteiger partial charge is 0.316 e. The second kappa shape index (κ2) is 10.5. The fraction of sp³-hybridized carbons (Fsp3) is 0.286. The van der Waals surface area contributed by atoms with Crippen LogP contribution in [0.2, 0.25) is 0 Å². The number of nitrogens with one attached hydrogen (secondary N) is 1. The van der Waals surface area contributed by atoms with Gasteiger partial charge in [-0.05, 0) is 31.0 Å². The van der Waals surface area contributed by atoms with Crippen LogP contribution in [0.5, 0.6) is 0 Å². The molecule has 0 atom stereocenters. The Kier molecular flexibility index (Phi) is 8.07. The molecule has 142 valence electrons. The maximum atomic E-state index is 12.0. The third-order valence-corrected chi connectivity index (χ3v) is 4.74. The van der Waals surface area contributed by atoms with Crippen molar-refractivity contribution >= 4 is 35.1 Å². The number of Topliss-reactive ketones (excluding diaryl/α,β-unsaturated/α-hetero) is 1. The van der Waals surface area contributed by atoms with Crippen LogP contribution in [0, 0.1) is 6.92 Å². The van der Waals surface area contributed by atoms with Crippen molar-refractivity contribution < 1.29 is 19.1 Å². The van der Waals surface area contributed by atoms with Gasteiger partial charge in [0.05, 0.1) is 11.5 Å². The number of esters is 1. The third kappa shape index (κ3) is 7.27. The quantitative estimate of drug-likeness (QED) is 0.527. The van der Waals surface area contributed by atoms with E-state index in [0.29, 0.717) is 11.3 Å². The van der Waals surface area contributed by atoms with Crippen LogP contribution >= 0.6 is 11.8 Å². The Balaban J connectivity index is 1.65. The highest BCUT2D eigenvalue weighted by Crippen LogP contribution is 2.10. The fourth-order valence-corrected chi connectivity index (χ4v) is 2.87. The normalized spacial score (nSPS) is 10.3. The van der Waals surface area contributed by atoms with E-state index in [2.05, 4.69) is 5.32 Å². The molecule has 0 radical (unpaired) electrons. The molecule has 0 aromatic heterocycles. The van der Waals surface area contributed by atoms with Crippen LogP contribution in [0.4, 0.5) is 5.69 Å². The van der Waals surface area contributed by atoms with E-state index in [1.807, 2.05) is 50.2 Å². The van der Waals surface area contributed by atoms with Crippen LogP contribution in [0.3, 0.4) is 0 Å². The first-order valence-corrected chi connectivity index (χ1v) is 9.85. The van der Waals surface area contributed by atoms with Crippen molar-refractivity contribution in [2.45, 2.75) is 20.3 Å². The summed E-state index contributed by atoms with van der Waals surface area (Å²) < 4.78 is 4.99. The Morgan fingerprint density at radius 1 is 0.963 bits per heavy atom. The van der Waals surface area contributed by atoms with E-state index in [1.165, 1.54) is 0 Å². The Bertz CT molecular complexity index is 785. The molecule has 5 nitrogen and oxygen atoms in total. The Morgan fingerprint density at radius 2 is 1.63 bits per heavy atom. The number of aryl methyl sites for hydroxylation is 2. The van der Waals surface area contributed by atoms with Gasteiger partial charge in [0.25, 0.3) is 0 Å². The van der Waals surface area contributed by atoms with E-state index in [0.717, 1.165) is 29.3 Å². The molecule has 0 heterocycles. The number of carbonyl (C=O) groups is 3. The van der Waals surface area contributed by atoms with E-state index in [4.69, 9.17) is 4.74 Å². The lowest BCUT2D eigenvalue weighted by Crippen LogP contribution is -2.18. The van der Waals surface area contributed by atoms with Gasteiger partial charge in [0.2, 0.25) is 5.91 Å². The van der Waals surface area contributed by atoms with Crippen molar-refractivity contribution in [2.24, 2.45) is 0 Å². The lowest BCUT2D eigenvalue weighted by Gasteiger charge is -2.06. The summed E-state index contributed by atoms with van der Waals surface area (Å²) in [7, 11) is 0. The van der Waals surface area contributed by atoms with Crippen LogP contribution in [-0.2, 0) is 20.7 Å². The summed E-state index contributed by atoms with van der Waals surface area (Å²) in [6.07, 6.45) is 0.901. The first-order valence-electron chi connectivity index (χ1n) is 8.70. The zero-order chi connectivity index (χ0) is 19.6. The molecular formula is C21H23NO4S. The minimum absolute atomic E-state index is 0.0172. The lowest BCUT2D eigenvalue weighted by atomic mass is 10.1. The van der Waals surface area contributed by atoms with Crippen molar-refractivity contribution in [3.63, 3.8) is 0 Å². The molecule has 2 rings (SSSR count). The molecule has 0 aliphatic rings. The number of hydrogen-bond acceptors (Lipinski definition) is 5. The monoisotopic (exact) mass is 385 g/mol. The fourth-order valence-electron chi connectivity index (χ4n) is 2.26. The standard InChI is InChI=1S/C21H23NO4S/c1-3-16-6-8-17(9-7-16)19(23)12-26-21(25)14-27-13-20(24)22-18-10-4-15(2)5-11-18/h4-11H,3,12-14H2,1-2H3,(H,22,24). The summed E-state index contributed by atoms with van der Waals surface area (Å²) in [5, 5.41) is 2.76. The highest BCUT2D eigenvalue weighted by molar-refractivity contribution is 8.00. The molecule has 0 aliphatic carbocycles. The number of rotatable bonds is 9. The number of thioether (sulfide) groups is 1. The zero-order valence-electron chi connectivity index (χ0n) is 15.5. The number of ketones is 1. The second-order valence-electron chi connectivity index (χ2n) is 6.04. The summed E-state index contributed by atoms with van der Waals surface area (Å²) in [6, 6.07) is 14.7. The Morgan fingerprint density at radius 3 is 2.26 bits per heavy atom. The van der Waals surface area contributed by atoms with Gasteiger partial charge in [-0.3, -0.25) is 14.4 Å². The highest BCUT2D eigenvalue weighted by Gasteiger charge is 2.11. The van der Waals surface area contributed by atoms with Crippen LogP contribution in [0.1, 0.15) is 28.4 Å². The van der Waals surface area contributed by atoms with Gasteiger partial charge in [-0.15, -0.1) is 11.8 Å². The molecule has 0 unspecified atom stereocenters. The summed E-state index contributed by atoms with van der Waals surface area (Å²) in [6.45, 7) is 3.72. The highest BCUT2D eigenvalue weighted by atomic mass is 32.2. The lowest BCUT2D eigenvalue weighted by molar-refractivity contribution is -0.139. The van der Waals surface area contributed by atoms with Gasteiger partial charge in [0.15, 0.2) is 12.4 Å². The average molecular weight is 385 g/mol. The summed E-state index contributed by atoms with van der Waals surface area (Å²) >= 11 is 1.15. The van der Waals surface area contributed by atoms with Gasteiger partial charge in [-0.1, -0.05) is 48.9 Å². The predicted octanol–water partition coefficient (Wildman–Crippen LogP) is 3.66. The van der Waals surface area contributed by atoms with Crippen LogP contribution in [-0.4, -0.2) is 35.8 Å². The Hall–Kier alpha value is -2.60. The number of anilines is 1. The van der Waals surface area contributed by atoms with Gasteiger partial charge in [-0.25, -0.2) is 0 Å². The minimum Gasteiger partial charge on any atom is -0.457 e. The van der Waals surface area contributed by atoms with E-state index in [1.54, 1.807) is 12.1 Å². The third-order valence-electron chi connectivity index (χ3n) is 3.84. The minimum atomic E-state index is -0.512. The van der Waals surface area contributed by atoms with Gasteiger partial charge in [0.1, 0.15) is 0 Å². The van der Waals surface area contributed by atoms with Crippen LogP contribution < -0.4 is 5.32 Å². The molecule has 1 amide bonds. The predicted molar refractivity (Wildman–Crippen MR) is 108 cm³/mol. The summed E-state index contributed by atoms with van der Waals surface area (Å²) in [5.41, 5.74) is 3.49. The Labute approximate surface area is 163 Å². The maximum Gasteiger partial charge on any atom is 0.316 e. The largest absolute Gasteiger partial charge is 0.457 e. The first kappa shape index (κ1) is 20.7. The van der Waals surface area contributed by atoms with Crippen LogP contribution in [0.25, 0.3) is 0 Å². The number of amides is 1. The van der Waals surface area contributed by atoms with E-state index < -0.39 is 5.97 Å². The number of ether oxygens (including phenoxy) is 1. The average Bonchev–Trinajstić information content (AvgIpc) is 2.68. The molecule has 0 saturated heterocycles. The molecule has 0 fully saturated rings. The number of benzene rings is 2. The molecule has 0 saturated carbocycles. The molecule has 27 heavy (non-hydrogen) atoms. The maximum absolute atomic E-state index is 12.0. The van der Waals surface area contributed by atoms with Crippen molar-refractivity contribution in [1.82, 2.24) is 0 Å². The first-order chi connectivity index (χ1) is 13.0. The number of hydrogen-bond donors (Lipinski definition) is 1. The second-order valence-corrected chi connectivity index (χ2v) is 7.03. The molecular weight excluding hydrogens is 362 g/mol. The molecule has 6 heteroatoms. The van der Waals surface area contributed by atoms with E-state index in [-0.39, 0.29) is 29.8 Å². The molecule has 0 spiro atoms. The van der Waals surface area contributed by atoms with Crippen molar-refractivity contribution in [1.29, 1.82) is 0 Å². The van der Waals surface area contributed by atoms with Gasteiger partial charge in [0, 0.05) is 11.3 Å². The molecule has 1 N–H and O–H groups in total. The summed E-state index contributed by atoms with van der Waals surface area (Å²) in [4.78, 5) is 35.6.